The van der Waals surface area contributed by atoms with Gasteiger partial charge in [0.1, 0.15) is 5.82 Å². The molecule has 26 heavy (non-hydrogen) atoms. The highest BCUT2D eigenvalue weighted by atomic mass is 19.4. The van der Waals surface area contributed by atoms with Crippen LogP contribution in [0.2, 0.25) is 0 Å². The smallest absolute Gasteiger partial charge is 0.345 e. The molecule has 0 aliphatic heterocycles. The summed E-state index contributed by atoms with van der Waals surface area (Å²) in [6.07, 6.45) is -4.41. The van der Waals surface area contributed by atoms with E-state index in [1.807, 2.05) is 26.0 Å². The third-order valence-electron chi connectivity index (χ3n) is 4.35. The molecular formula is C19H18F3N3O. The van der Waals surface area contributed by atoms with Crippen LogP contribution in [-0.2, 0) is 19.8 Å². The van der Waals surface area contributed by atoms with Gasteiger partial charge in [0.15, 0.2) is 0 Å². The van der Waals surface area contributed by atoms with Crippen molar-refractivity contribution < 1.29 is 18.0 Å². The Balaban J connectivity index is 1.84. The van der Waals surface area contributed by atoms with Crippen LogP contribution in [-0.4, -0.2) is 15.5 Å². The molecule has 0 saturated heterocycles. The fourth-order valence-electron chi connectivity index (χ4n) is 2.82. The lowest BCUT2D eigenvalue weighted by Crippen LogP contribution is -2.25. The minimum absolute atomic E-state index is 0.124. The number of aryl methyl sites for hydroxylation is 3. The van der Waals surface area contributed by atoms with Crippen molar-refractivity contribution in [2.45, 2.75) is 26.6 Å². The fourth-order valence-corrected chi connectivity index (χ4v) is 2.82. The zero-order valence-electron chi connectivity index (χ0n) is 14.6. The number of benzene rings is 2. The molecule has 0 atom stereocenters. The van der Waals surface area contributed by atoms with Crippen LogP contribution in [0.25, 0.3) is 11.0 Å². The quantitative estimate of drug-likeness (QED) is 0.762. The predicted octanol–water partition coefficient (Wildman–Crippen LogP) is 4.14. The van der Waals surface area contributed by atoms with E-state index < -0.39 is 11.7 Å². The molecule has 0 fully saturated rings. The predicted molar refractivity (Wildman–Crippen MR) is 92.8 cm³/mol. The largest absolute Gasteiger partial charge is 0.416 e. The van der Waals surface area contributed by atoms with E-state index >= 15 is 0 Å². The molecule has 0 radical (unpaired) electrons. The first-order chi connectivity index (χ1) is 12.2. The van der Waals surface area contributed by atoms with E-state index in [-0.39, 0.29) is 18.0 Å². The van der Waals surface area contributed by atoms with Crippen LogP contribution in [0.5, 0.6) is 0 Å². The van der Waals surface area contributed by atoms with Gasteiger partial charge in [0.2, 0.25) is 0 Å². The molecule has 1 aromatic heterocycles. The first-order valence-electron chi connectivity index (χ1n) is 8.05. The molecule has 4 nitrogen and oxygen atoms in total. The zero-order chi connectivity index (χ0) is 19.1. The normalized spacial score (nSPS) is 11.8. The summed E-state index contributed by atoms with van der Waals surface area (Å²) in [5.41, 5.74) is 2.49. The summed E-state index contributed by atoms with van der Waals surface area (Å²) in [7, 11) is 1.71. The van der Waals surface area contributed by atoms with Crippen molar-refractivity contribution >= 4 is 16.9 Å². The maximum absolute atomic E-state index is 12.8. The van der Waals surface area contributed by atoms with E-state index in [2.05, 4.69) is 10.3 Å². The molecule has 0 aliphatic carbocycles. The Morgan fingerprint density at radius 2 is 1.88 bits per heavy atom. The SMILES string of the molecule is Cc1ccc(C)c(C(=O)NCc2nc3cc(C(F)(F)F)ccc3n2C)c1. The molecule has 1 heterocycles. The number of alkyl halides is 3. The van der Waals surface area contributed by atoms with Gasteiger partial charge in [-0.2, -0.15) is 13.2 Å². The molecule has 2 aromatic carbocycles. The van der Waals surface area contributed by atoms with Crippen LogP contribution >= 0.6 is 0 Å². The third kappa shape index (κ3) is 3.42. The lowest BCUT2D eigenvalue weighted by Gasteiger charge is -2.09. The number of carbonyl (C=O) groups is 1. The van der Waals surface area contributed by atoms with E-state index in [9.17, 15) is 18.0 Å². The van der Waals surface area contributed by atoms with Crippen molar-refractivity contribution in [3.63, 3.8) is 0 Å². The Kier molecular flexibility index (Phi) is 4.48. The maximum atomic E-state index is 12.8. The molecule has 136 valence electrons. The van der Waals surface area contributed by atoms with Crippen LogP contribution in [0, 0.1) is 13.8 Å². The maximum Gasteiger partial charge on any atom is 0.416 e. The molecule has 0 spiro atoms. The molecule has 3 aromatic rings. The van der Waals surface area contributed by atoms with Crippen molar-refractivity contribution in [1.29, 1.82) is 0 Å². The summed E-state index contributed by atoms with van der Waals surface area (Å²) in [5, 5.41) is 2.79. The van der Waals surface area contributed by atoms with Crippen molar-refractivity contribution in [3.05, 3.63) is 64.5 Å². The van der Waals surface area contributed by atoms with Gasteiger partial charge in [0.05, 0.1) is 23.1 Å². The number of nitrogens with zero attached hydrogens (tertiary/aromatic N) is 2. The Hall–Kier alpha value is -2.83. The highest BCUT2D eigenvalue weighted by Crippen LogP contribution is 2.31. The number of rotatable bonds is 3. The fraction of sp³-hybridized carbons (Fsp3) is 0.263. The van der Waals surface area contributed by atoms with Gasteiger partial charge in [0, 0.05) is 12.6 Å². The van der Waals surface area contributed by atoms with E-state index in [1.54, 1.807) is 17.7 Å². The van der Waals surface area contributed by atoms with E-state index in [1.165, 1.54) is 6.07 Å². The number of hydrogen-bond acceptors (Lipinski definition) is 2. The minimum Gasteiger partial charge on any atom is -0.345 e. The Morgan fingerprint density at radius 3 is 2.58 bits per heavy atom. The van der Waals surface area contributed by atoms with Crippen LogP contribution in [0.4, 0.5) is 13.2 Å². The lowest BCUT2D eigenvalue weighted by atomic mass is 10.1. The minimum atomic E-state index is -4.41. The van der Waals surface area contributed by atoms with Gasteiger partial charge >= 0.3 is 6.18 Å². The van der Waals surface area contributed by atoms with Gasteiger partial charge in [0.25, 0.3) is 5.91 Å². The first kappa shape index (κ1) is 18.0. The molecule has 7 heteroatoms. The molecule has 3 rings (SSSR count). The molecule has 0 aliphatic rings. The number of imidazole rings is 1. The van der Waals surface area contributed by atoms with Crippen LogP contribution in [0.3, 0.4) is 0 Å². The van der Waals surface area contributed by atoms with Crippen LogP contribution < -0.4 is 5.32 Å². The second kappa shape index (κ2) is 6.48. The number of fused-ring (bicyclic) bond motifs is 1. The van der Waals surface area contributed by atoms with Gasteiger partial charge < -0.3 is 9.88 Å². The number of hydrogen-bond donors (Lipinski definition) is 1. The lowest BCUT2D eigenvalue weighted by molar-refractivity contribution is -0.137. The van der Waals surface area contributed by atoms with Gasteiger partial charge in [-0.05, 0) is 43.7 Å². The average molecular weight is 361 g/mol. The number of halogens is 3. The van der Waals surface area contributed by atoms with Crippen LogP contribution in [0.1, 0.15) is 32.9 Å². The van der Waals surface area contributed by atoms with Gasteiger partial charge in [-0.25, -0.2) is 4.98 Å². The second-order valence-corrected chi connectivity index (χ2v) is 6.29. The summed E-state index contributed by atoms with van der Waals surface area (Å²) in [5.74, 6) is 0.243. The Labute approximate surface area is 148 Å². The second-order valence-electron chi connectivity index (χ2n) is 6.29. The number of nitrogens with one attached hydrogen (secondary N) is 1. The van der Waals surface area contributed by atoms with Gasteiger partial charge in [-0.1, -0.05) is 17.7 Å². The number of aromatic nitrogens is 2. The summed E-state index contributed by atoms with van der Waals surface area (Å²) in [6.45, 7) is 3.88. The number of carbonyl (C=O) groups excluding carboxylic acids is 1. The first-order valence-corrected chi connectivity index (χ1v) is 8.05. The zero-order valence-corrected chi connectivity index (χ0v) is 14.6. The topological polar surface area (TPSA) is 46.9 Å². The number of amides is 1. The van der Waals surface area contributed by atoms with Crippen molar-refractivity contribution in [3.8, 4) is 0 Å². The Morgan fingerprint density at radius 1 is 1.15 bits per heavy atom. The van der Waals surface area contributed by atoms with Crippen molar-refractivity contribution in [2.24, 2.45) is 7.05 Å². The molecule has 0 unspecified atom stereocenters. The van der Waals surface area contributed by atoms with Gasteiger partial charge in [-0.3, -0.25) is 4.79 Å². The molecule has 1 amide bonds. The summed E-state index contributed by atoms with van der Waals surface area (Å²) >= 11 is 0. The van der Waals surface area contributed by atoms with Crippen LogP contribution in [0.15, 0.2) is 36.4 Å². The van der Waals surface area contributed by atoms with Crippen molar-refractivity contribution in [2.75, 3.05) is 0 Å². The highest BCUT2D eigenvalue weighted by molar-refractivity contribution is 5.95. The van der Waals surface area contributed by atoms with Gasteiger partial charge in [-0.15, -0.1) is 0 Å². The summed E-state index contributed by atoms with van der Waals surface area (Å²) in [6, 6.07) is 9.04. The molecular weight excluding hydrogens is 343 g/mol. The molecule has 0 saturated carbocycles. The molecule has 0 bridgehead atoms. The highest BCUT2D eigenvalue weighted by Gasteiger charge is 2.31. The summed E-state index contributed by atoms with van der Waals surface area (Å²) < 4.78 is 40.2. The van der Waals surface area contributed by atoms with E-state index in [4.69, 9.17) is 0 Å². The van der Waals surface area contributed by atoms with E-state index in [0.29, 0.717) is 16.9 Å². The summed E-state index contributed by atoms with van der Waals surface area (Å²) in [4.78, 5) is 16.6. The van der Waals surface area contributed by atoms with E-state index in [0.717, 1.165) is 23.3 Å². The van der Waals surface area contributed by atoms with Crippen molar-refractivity contribution in [1.82, 2.24) is 14.9 Å². The third-order valence-corrected chi connectivity index (χ3v) is 4.35. The monoisotopic (exact) mass is 361 g/mol. The molecule has 1 N–H and O–H groups in total. The standard InChI is InChI=1S/C19H18F3N3O/c1-11-4-5-12(2)14(8-11)18(26)23-10-17-24-15-9-13(19(20,21)22)6-7-16(15)25(17)3/h4-9H,10H2,1-3H3,(H,23,26). The average Bonchev–Trinajstić information content (AvgIpc) is 2.89. The Bertz CT molecular complexity index is 990.